The highest BCUT2D eigenvalue weighted by atomic mass is 16.5. The van der Waals surface area contributed by atoms with Crippen molar-refractivity contribution in [2.24, 2.45) is 0 Å². The van der Waals surface area contributed by atoms with Gasteiger partial charge in [0.1, 0.15) is 5.75 Å². The monoisotopic (exact) mass is 374 g/mol. The van der Waals surface area contributed by atoms with E-state index in [2.05, 4.69) is 0 Å². The molecule has 3 rings (SSSR count). The minimum Gasteiger partial charge on any atom is -0.496 e. The van der Waals surface area contributed by atoms with Crippen LogP contribution >= 0.6 is 0 Å². The van der Waals surface area contributed by atoms with E-state index in [1.54, 1.807) is 29.2 Å². The molecule has 2 fully saturated rings. The zero-order valence-electron chi connectivity index (χ0n) is 15.8. The molecule has 0 spiro atoms. The Hall–Kier alpha value is -2.41. The van der Waals surface area contributed by atoms with Crippen LogP contribution in [0.25, 0.3) is 0 Å². The molecule has 0 aromatic heterocycles. The Morgan fingerprint density at radius 3 is 2.67 bits per heavy atom. The number of ether oxygens (including phenoxy) is 1. The molecule has 1 aromatic rings. The number of para-hydroxylation sites is 1. The molecular weight excluding hydrogens is 348 g/mol. The average molecular weight is 374 g/mol. The van der Waals surface area contributed by atoms with Crippen molar-refractivity contribution in [2.45, 2.75) is 43.6 Å². The molecule has 0 bridgehead atoms. The summed E-state index contributed by atoms with van der Waals surface area (Å²) in [5, 5.41) is 9.63. The first-order valence-electron chi connectivity index (χ1n) is 9.29. The Morgan fingerprint density at radius 2 is 2.04 bits per heavy atom. The van der Waals surface area contributed by atoms with E-state index in [0.717, 1.165) is 24.2 Å². The van der Waals surface area contributed by atoms with Crippen LogP contribution in [0.3, 0.4) is 0 Å². The van der Waals surface area contributed by atoms with Crippen molar-refractivity contribution in [3.8, 4) is 5.75 Å². The molecule has 2 saturated heterocycles. The molecule has 0 unspecified atom stereocenters. The van der Waals surface area contributed by atoms with Crippen molar-refractivity contribution in [2.75, 3.05) is 27.3 Å². The Kier molecular flexibility index (Phi) is 5.51. The van der Waals surface area contributed by atoms with Gasteiger partial charge in [0.2, 0.25) is 17.7 Å². The maximum absolute atomic E-state index is 13.2. The van der Waals surface area contributed by atoms with E-state index in [-0.39, 0.29) is 43.2 Å². The molecule has 7 heteroatoms. The highest BCUT2D eigenvalue weighted by Crippen LogP contribution is 2.44. The molecular formula is C20H26N2O5. The molecule has 1 aromatic carbocycles. The molecule has 2 aliphatic rings. The molecule has 27 heavy (non-hydrogen) atoms. The lowest BCUT2D eigenvalue weighted by Crippen LogP contribution is -2.49. The third-order valence-electron chi connectivity index (χ3n) is 5.77. The van der Waals surface area contributed by atoms with Crippen LogP contribution in [0.5, 0.6) is 5.75 Å². The van der Waals surface area contributed by atoms with E-state index >= 15 is 0 Å². The van der Waals surface area contributed by atoms with Crippen molar-refractivity contribution in [3.63, 3.8) is 0 Å². The first-order chi connectivity index (χ1) is 12.9. The number of carbonyl (C=O) groups excluding carboxylic acids is 3. The second-order valence-corrected chi connectivity index (χ2v) is 7.31. The first-order valence-corrected chi connectivity index (χ1v) is 9.29. The van der Waals surface area contributed by atoms with Gasteiger partial charge in [-0.2, -0.15) is 0 Å². The zero-order valence-corrected chi connectivity index (χ0v) is 15.8. The lowest BCUT2D eigenvalue weighted by Gasteiger charge is -2.37. The normalized spacial score (nSPS) is 25.8. The van der Waals surface area contributed by atoms with Crippen molar-refractivity contribution >= 4 is 17.7 Å². The van der Waals surface area contributed by atoms with Gasteiger partial charge in [-0.25, -0.2) is 0 Å². The molecule has 7 nitrogen and oxygen atoms in total. The van der Waals surface area contributed by atoms with Crippen molar-refractivity contribution in [3.05, 3.63) is 29.8 Å². The number of aliphatic hydroxyl groups excluding tert-OH is 1. The third kappa shape index (κ3) is 3.32. The summed E-state index contributed by atoms with van der Waals surface area (Å²) < 4.78 is 5.42. The molecule has 0 radical (unpaired) electrons. The van der Waals surface area contributed by atoms with Crippen LogP contribution in [0.1, 0.15) is 37.7 Å². The molecule has 3 amide bonds. The van der Waals surface area contributed by atoms with Crippen molar-refractivity contribution in [1.82, 2.24) is 9.80 Å². The summed E-state index contributed by atoms with van der Waals surface area (Å²) >= 11 is 0. The lowest BCUT2D eigenvalue weighted by atomic mass is 9.75. The summed E-state index contributed by atoms with van der Waals surface area (Å²) in [6.07, 6.45) is 2.41. The van der Waals surface area contributed by atoms with E-state index in [1.807, 2.05) is 0 Å². The molecule has 2 heterocycles. The SMILES string of the molecule is COc1ccccc1[C@@]1(CC(=O)N2CCCC[C@H]2CO)CC(=O)N(C)C1=O. The van der Waals surface area contributed by atoms with Gasteiger partial charge in [0.25, 0.3) is 0 Å². The number of imide groups is 1. The number of likely N-dealkylation sites (N-methyl/N-ethyl adjacent to an activating group) is 1. The molecule has 0 aliphatic carbocycles. The van der Waals surface area contributed by atoms with E-state index < -0.39 is 5.41 Å². The largest absolute Gasteiger partial charge is 0.496 e. The van der Waals surface area contributed by atoms with Gasteiger partial charge in [-0.3, -0.25) is 19.3 Å². The summed E-state index contributed by atoms with van der Waals surface area (Å²) in [6.45, 7) is 0.463. The number of hydrogen-bond donors (Lipinski definition) is 1. The van der Waals surface area contributed by atoms with Crippen LogP contribution in [0.4, 0.5) is 0 Å². The summed E-state index contributed by atoms with van der Waals surface area (Å²) in [5.41, 5.74) is -0.714. The van der Waals surface area contributed by atoms with Crippen LogP contribution in [-0.2, 0) is 19.8 Å². The number of aliphatic hydroxyl groups is 1. The van der Waals surface area contributed by atoms with E-state index in [9.17, 15) is 19.5 Å². The van der Waals surface area contributed by atoms with Crippen molar-refractivity contribution < 1.29 is 24.2 Å². The number of carbonyl (C=O) groups is 3. The predicted molar refractivity (Wildman–Crippen MR) is 98.1 cm³/mol. The van der Waals surface area contributed by atoms with Crippen LogP contribution in [-0.4, -0.2) is 66.0 Å². The fourth-order valence-corrected chi connectivity index (χ4v) is 4.25. The summed E-state index contributed by atoms with van der Waals surface area (Å²) in [5.74, 6) is -0.422. The molecule has 2 aliphatic heterocycles. The van der Waals surface area contributed by atoms with Gasteiger partial charge in [-0.05, 0) is 25.3 Å². The number of benzene rings is 1. The Morgan fingerprint density at radius 1 is 1.30 bits per heavy atom. The Labute approximate surface area is 158 Å². The maximum atomic E-state index is 13.2. The van der Waals surface area contributed by atoms with Gasteiger partial charge in [0.05, 0.1) is 25.2 Å². The second kappa shape index (κ2) is 7.68. The molecule has 1 N–H and O–H groups in total. The van der Waals surface area contributed by atoms with Gasteiger partial charge >= 0.3 is 0 Å². The van der Waals surface area contributed by atoms with Gasteiger partial charge < -0.3 is 14.7 Å². The van der Waals surface area contributed by atoms with E-state index in [0.29, 0.717) is 17.9 Å². The highest BCUT2D eigenvalue weighted by molar-refractivity contribution is 6.10. The number of rotatable bonds is 5. The number of hydrogen-bond acceptors (Lipinski definition) is 5. The topological polar surface area (TPSA) is 87.2 Å². The summed E-state index contributed by atoms with van der Waals surface area (Å²) in [6, 6.07) is 6.81. The minimum absolute atomic E-state index is 0.0634. The van der Waals surface area contributed by atoms with Gasteiger partial charge in [0.15, 0.2) is 0 Å². The Bertz CT molecular complexity index is 750. The zero-order chi connectivity index (χ0) is 19.6. The van der Waals surface area contributed by atoms with Crippen LogP contribution < -0.4 is 4.74 Å². The van der Waals surface area contributed by atoms with E-state index in [1.165, 1.54) is 14.2 Å². The number of nitrogens with zero attached hydrogens (tertiary/aromatic N) is 2. The molecule has 0 saturated carbocycles. The van der Waals surface area contributed by atoms with Crippen molar-refractivity contribution in [1.29, 1.82) is 0 Å². The van der Waals surface area contributed by atoms with Crippen LogP contribution in [0.15, 0.2) is 24.3 Å². The van der Waals surface area contributed by atoms with Crippen LogP contribution in [0.2, 0.25) is 0 Å². The number of likely N-dealkylation sites (tertiary alicyclic amines) is 2. The molecule has 2 atom stereocenters. The van der Waals surface area contributed by atoms with Gasteiger partial charge in [0, 0.05) is 32.0 Å². The van der Waals surface area contributed by atoms with Gasteiger partial charge in [-0.15, -0.1) is 0 Å². The first kappa shape index (κ1) is 19.4. The Balaban J connectivity index is 2.00. The quantitative estimate of drug-likeness (QED) is 0.780. The number of amides is 3. The fraction of sp³-hybridized carbons (Fsp3) is 0.550. The summed E-state index contributed by atoms with van der Waals surface area (Å²) in [7, 11) is 2.95. The predicted octanol–water partition coefficient (Wildman–Crippen LogP) is 1.09. The van der Waals surface area contributed by atoms with E-state index in [4.69, 9.17) is 4.74 Å². The fourth-order valence-electron chi connectivity index (χ4n) is 4.25. The molecule has 146 valence electrons. The summed E-state index contributed by atoms with van der Waals surface area (Å²) in [4.78, 5) is 41.4. The smallest absolute Gasteiger partial charge is 0.240 e. The number of methoxy groups -OCH3 is 1. The highest BCUT2D eigenvalue weighted by Gasteiger charge is 2.54. The maximum Gasteiger partial charge on any atom is 0.240 e. The number of piperidine rings is 1. The van der Waals surface area contributed by atoms with Gasteiger partial charge in [-0.1, -0.05) is 18.2 Å². The lowest BCUT2D eigenvalue weighted by molar-refractivity contribution is -0.143. The third-order valence-corrected chi connectivity index (χ3v) is 5.77. The average Bonchev–Trinajstić information content (AvgIpc) is 2.92. The standard InChI is InChI=1S/C20H26N2O5/c1-21-17(24)11-20(19(21)26,15-8-3-4-9-16(15)27-2)12-18(25)22-10-6-5-7-14(22)13-23/h3-4,8-9,14,23H,5-7,10-13H2,1-2H3/t14-,20-/m0/s1. The second-order valence-electron chi connectivity index (χ2n) is 7.31. The van der Waals surface area contributed by atoms with Crippen LogP contribution in [0, 0.1) is 0 Å². The minimum atomic E-state index is -1.27.